The van der Waals surface area contributed by atoms with Crippen LogP contribution in [0.2, 0.25) is 0 Å². The van der Waals surface area contributed by atoms with Crippen LogP contribution >= 0.6 is 0 Å². The number of likely N-dealkylation sites (tertiary alicyclic amines) is 1. The van der Waals surface area contributed by atoms with Gasteiger partial charge < -0.3 is 15.4 Å². The van der Waals surface area contributed by atoms with Crippen molar-refractivity contribution in [3.05, 3.63) is 29.3 Å². The van der Waals surface area contributed by atoms with Gasteiger partial charge in [-0.05, 0) is 62.5 Å². The van der Waals surface area contributed by atoms with Crippen molar-refractivity contribution in [2.75, 3.05) is 32.8 Å². The summed E-state index contributed by atoms with van der Waals surface area (Å²) in [6, 6.07) is 3.71. The van der Waals surface area contributed by atoms with Gasteiger partial charge in [0.1, 0.15) is 5.75 Å². The van der Waals surface area contributed by atoms with Crippen LogP contribution in [0.25, 0.3) is 0 Å². The SMILES string of the molecule is CCOc1ccc(C(F)(F)F)cc1CCN1CCC(CN)C1. The molecule has 0 saturated carbocycles. The number of nitrogens with zero attached hydrogens (tertiary/aromatic N) is 1. The molecule has 2 N–H and O–H groups in total. The lowest BCUT2D eigenvalue weighted by Gasteiger charge is -2.18. The summed E-state index contributed by atoms with van der Waals surface area (Å²) in [5.41, 5.74) is 5.66. The maximum atomic E-state index is 12.9. The lowest BCUT2D eigenvalue weighted by molar-refractivity contribution is -0.137. The molecule has 0 radical (unpaired) electrons. The van der Waals surface area contributed by atoms with Gasteiger partial charge in [0.15, 0.2) is 0 Å². The summed E-state index contributed by atoms with van der Waals surface area (Å²) in [7, 11) is 0. The van der Waals surface area contributed by atoms with Crippen LogP contribution in [0.1, 0.15) is 24.5 Å². The zero-order chi connectivity index (χ0) is 16.2. The lowest BCUT2D eigenvalue weighted by atomic mass is 10.1. The molecule has 0 aromatic heterocycles. The smallest absolute Gasteiger partial charge is 0.416 e. The van der Waals surface area contributed by atoms with Gasteiger partial charge in [0.05, 0.1) is 12.2 Å². The monoisotopic (exact) mass is 316 g/mol. The van der Waals surface area contributed by atoms with E-state index in [1.54, 1.807) is 0 Å². The first kappa shape index (κ1) is 17.1. The first-order valence-electron chi connectivity index (χ1n) is 7.69. The molecule has 6 heteroatoms. The Hall–Kier alpha value is -1.27. The van der Waals surface area contributed by atoms with Crippen molar-refractivity contribution in [2.24, 2.45) is 11.7 Å². The van der Waals surface area contributed by atoms with E-state index < -0.39 is 11.7 Å². The van der Waals surface area contributed by atoms with Crippen LogP contribution in [-0.2, 0) is 12.6 Å². The van der Waals surface area contributed by atoms with Crippen molar-refractivity contribution in [1.82, 2.24) is 4.90 Å². The van der Waals surface area contributed by atoms with E-state index in [0.717, 1.165) is 32.1 Å². The van der Waals surface area contributed by atoms with E-state index in [1.165, 1.54) is 12.1 Å². The Labute approximate surface area is 129 Å². The zero-order valence-corrected chi connectivity index (χ0v) is 12.8. The highest BCUT2D eigenvalue weighted by Crippen LogP contribution is 2.33. The quantitative estimate of drug-likeness (QED) is 0.877. The molecule has 3 nitrogen and oxygen atoms in total. The van der Waals surface area contributed by atoms with Gasteiger partial charge >= 0.3 is 6.18 Å². The largest absolute Gasteiger partial charge is 0.494 e. The zero-order valence-electron chi connectivity index (χ0n) is 12.8. The number of hydrogen-bond donors (Lipinski definition) is 1. The number of alkyl halides is 3. The van der Waals surface area contributed by atoms with Gasteiger partial charge in [-0.25, -0.2) is 0 Å². The van der Waals surface area contributed by atoms with E-state index in [-0.39, 0.29) is 0 Å². The van der Waals surface area contributed by atoms with E-state index in [0.29, 0.717) is 36.8 Å². The third-order valence-corrected chi connectivity index (χ3v) is 4.09. The average molecular weight is 316 g/mol. The van der Waals surface area contributed by atoms with Crippen molar-refractivity contribution in [2.45, 2.75) is 25.9 Å². The summed E-state index contributed by atoms with van der Waals surface area (Å²) in [5.74, 6) is 1.05. The number of rotatable bonds is 6. The van der Waals surface area contributed by atoms with Crippen LogP contribution in [0.15, 0.2) is 18.2 Å². The van der Waals surface area contributed by atoms with Crippen molar-refractivity contribution in [3.8, 4) is 5.75 Å². The summed E-state index contributed by atoms with van der Waals surface area (Å²) in [6.07, 6.45) is -2.70. The molecule has 0 bridgehead atoms. The Kier molecular flexibility index (Phi) is 5.69. The number of hydrogen-bond acceptors (Lipinski definition) is 3. The summed E-state index contributed by atoms with van der Waals surface area (Å²) in [4.78, 5) is 2.26. The number of ether oxygens (including phenoxy) is 1. The molecule has 124 valence electrons. The molecule has 1 aromatic rings. The van der Waals surface area contributed by atoms with E-state index in [2.05, 4.69) is 4.90 Å². The van der Waals surface area contributed by atoms with Gasteiger partial charge in [-0.2, -0.15) is 13.2 Å². The molecular weight excluding hydrogens is 293 g/mol. The molecule has 1 aromatic carbocycles. The second-order valence-electron chi connectivity index (χ2n) is 5.69. The Morgan fingerprint density at radius 2 is 2.14 bits per heavy atom. The van der Waals surface area contributed by atoms with Crippen molar-refractivity contribution < 1.29 is 17.9 Å². The van der Waals surface area contributed by atoms with Crippen LogP contribution in [-0.4, -0.2) is 37.7 Å². The highest BCUT2D eigenvalue weighted by Gasteiger charge is 2.31. The third kappa shape index (κ3) is 4.36. The topological polar surface area (TPSA) is 38.5 Å². The summed E-state index contributed by atoms with van der Waals surface area (Å²) >= 11 is 0. The van der Waals surface area contributed by atoms with Gasteiger partial charge in [-0.3, -0.25) is 0 Å². The molecule has 0 aliphatic carbocycles. The predicted molar refractivity (Wildman–Crippen MR) is 79.9 cm³/mol. The predicted octanol–water partition coefficient (Wildman–Crippen LogP) is 2.93. The molecular formula is C16H23F3N2O. The minimum atomic E-state index is -4.32. The van der Waals surface area contributed by atoms with Gasteiger partial charge in [0.25, 0.3) is 0 Å². The third-order valence-electron chi connectivity index (χ3n) is 4.09. The first-order valence-corrected chi connectivity index (χ1v) is 7.69. The fourth-order valence-corrected chi connectivity index (χ4v) is 2.83. The number of benzene rings is 1. The summed E-state index contributed by atoms with van der Waals surface area (Å²) < 4.78 is 44.0. The van der Waals surface area contributed by atoms with E-state index in [9.17, 15) is 13.2 Å². The van der Waals surface area contributed by atoms with Gasteiger partial charge in [-0.15, -0.1) is 0 Å². The van der Waals surface area contributed by atoms with Crippen LogP contribution in [0.3, 0.4) is 0 Å². The molecule has 1 atom stereocenters. The minimum Gasteiger partial charge on any atom is -0.494 e. The van der Waals surface area contributed by atoms with Crippen LogP contribution in [0.5, 0.6) is 5.75 Å². The molecule has 2 rings (SSSR count). The van der Waals surface area contributed by atoms with Crippen LogP contribution < -0.4 is 10.5 Å². The molecule has 22 heavy (non-hydrogen) atoms. The fourth-order valence-electron chi connectivity index (χ4n) is 2.83. The minimum absolute atomic E-state index is 0.442. The first-order chi connectivity index (χ1) is 10.4. The van der Waals surface area contributed by atoms with Crippen LogP contribution in [0.4, 0.5) is 13.2 Å². The molecule has 0 amide bonds. The molecule has 1 aliphatic heterocycles. The van der Waals surface area contributed by atoms with Gasteiger partial charge in [0.2, 0.25) is 0 Å². The Bertz CT molecular complexity index is 491. The standard InChI is InChI=1S/C16H23F3N2O/c1-2-22-15-4-3-14(16(17,18)19)9-13(15)6-8-21-7-5-12(10-20)11-21/h3-4,9,12H,2,5-8,10-11,20H2,1H3. The fraction of sp³-hybridized carbons (Fsp3) is 0.625. The summed E-state index contributed by atoms with van der Waals surface area (Å²) in [6.45, 7) is 5.57. The highest BCUT2D eigenvalue weighted by molar-refractivity contribution is 5.38. The van der Waals surface area contributed by atoms with Gasteiger partial charge in [-0.1, -0.05) is 0 Å². The van der Waals surface area contributed by atoms with Crippen molar-refractivity contribution in [1.29, 1.82) is 0 Å². The van der Waals surface area contributed by atoms with Crippen molar-refractivity contribution in [3.63, 3.8) is 0 Å². The maximum absolute atomic E-state index is 12.9. The Morgan fingerprint density at radius 1 is 1.36 bits per heavy atom. The molecule has 0 spiro atoms. The second kappa shape index (κ2) is 7.33. The van der Waals surface area contributed by atoms with Gasteiger partial charge in [0, 0.05) is 13.1 Å². The number of halogens is 3. The Balaban J connectivity index is 2.06. The van der Waals surface area contributed by atoms with E-state index in [4.69, 9.17) is 10.5 Å². The molecule has 1 saturated heterocycles. The molecule has 1 aliphatic rings. The Morgan fingerprint density at radius 3 is 2.73 bits per heavy atom. The lowest BCUT2D eigenvalue weighted by Crippen LogP contribution is -2.25. The van der Waals surface area contributed by atoms with E-state index >= 15 is 0 Å². The molecule has 1 fully saturated rings. The van der Waals surface area contributed by atoms with Crippen LogP contribution in [0, 0.1) is 5.92 Å². The highest BCUT2D eigenvalue weighted by atomic mass is 19.4. The normalized spacial score (nSPS) is 19.6. The number of nitrogens with two attached hydrogens (primary N) is 1. The maximum Gasteiger partial charge on any atom is 0.416 e. The summed E-state index contributed by atoms with van der Waals surface area (Å²) in [5, 5.41) is 0. The molecule has 1 unspecified atom stereocenters. The average Bonchev–Trinajstić information content (AvgIpc) is 2.93. The molecule has 1 heterocycles. The van der Waals surface area contributed by atoms with E-state index in [1.807, 2.05) is 6.92 Å². The van der Waals surface area contributed by atoms with Crippen molar-refractivity contribution >= 4 is 0 Å². The second-order valence-corrected chi connectivity index (χ2v) is 5.69.